The molecule has 0 atom stereocenters. The van der Waals surface area contributed by atoms with Gasteiger partial charge in [-0.1, -0.05) is 23.8 Å². The molecule has 2 heterocycles. The molecular formula is C21H28N4OS. The molecule has 1 fully saturated rings. The van der Waals surface area contributed by atoms with Crippen LogP contribution in [0.4, 0.5) is 5.82 Å². The Morgan fingerprint density at radius 1 is 1.15 bits per heavy atom. The van der Waals surface area contributed by atoms with Gasteiger partial charge >= 0.3 is 0 Å². The van der Waals surface area contributed by atoms with Crippen molar-refractivity contribution in [3.8, 4) is 0 Å². The second-order valence-electron chi connectivity index (χ2n) is 7.15. The van der Waals surface area contributed by atoms with Crippen molar-refractivity contribution >= 4 is 23.5 Å². The van der Waals surface area contributed by atoms with Crippen molar-refractivity contribution in [2.75, 3.05) is 43.9 Å². The number of aryl methyl sites for hydroxylation is 2. The quantitative estimate of drug-likeness (QED) is 0.776. The van der Waals surface area contributed by atoms with Gasteiger partial charge in [-0.25, -0.2) is 4.98 Å². The van der Waals surface area contributed by atoms with Crippen molar-refractivity contribution in [3.63, 3.8) is 0 Å². The summed E-state index contributed by atoms with van der Waals surface area (Å²) in [4.78, 5) is 22.5. The van der Waals surface area contributed by atoms with Crippen molar-refractivity contribution in [1.29, 1.82) is 0 Å². The molecule has 5 nitrogen and oxygen atoms in total. The van der Waals surface area contributed by atoms with Gasteiger partial charge in [-0.3, -0.25) is 4.79 Å². The number of amides is 1. The molecule has 6 heteroatoms. The number of nitrogens with zero attached hydrogens (tertiary/aromatic N) is 3. The van der Waals surface area contributed by atoms with E-state index < -0.39 is 0 Å². The molecule has 0 bridgehead atoms. The molecule has 1 aromatic heterocycles. The maximum atomic E-state index is 12.2. The fraction of sp³-hybridized carbons (Fsp3) is 0.429. The van der Waals surface area contributed by atoms with Gasteiger partial charge in [0.2, 0.25) is 5.91 Å². The zero-order valence-corrected chi connectivity index (χ0v) is 17.2. The fourth-order valence-electron chi connectivity index (χ4n) is 3.00. The normalized spacial score (nSPS) is 15.0. The Morgan fingerprint density at radius 3 is 2.63 bits per heavy atom. The maximum Gasteiger partial charge on any atom is 0.230 e. The van der Waals surface area contributed by atoms with Crippen LogP contribution in [-0.4, -0.2) is 54.8 Å². The SMILES string of the molecule is Cc1ccc(C)c(SCC(=O)NCc2ccc(N3CCN(C)CC3)nc2)c1. The Balaban J connectivity index is 1.45. The van der Waals surface area contributed by atoms with Crippen LogP contribution in [0.3, 0.4) is 0 Å². The topological polar surface area (TPSA) is 48.5 Å². The predicted molar refractivity (Wildman–Crippen MR) is 112 cm³/mol. The molecule has 0 unspecified atom stereocenters. The second-order valence-corrected chi connectivity index (χ2v) is 8.17. The van der Waals surface area contributed by atoms with E-state index in [1.165, 1.54) is 16.0 Å². The van der Waals surface area contributed by atoms with Crippen LogP contribution in [0.15, 0.2) is 41.4 Å². The number of likely N-dealkylation sites (N-methyl/N-ethyl adjacent to an activating group) is 1. The van der Waals surface area contributed by atoms with Crippen molar-refractivity contribution in [1.82, 2.24) is 15.2 Å². The minimum absolute atomic E-state index is 0.0454. The van der Waals surface area contributed by atoms with Gasteiger partial charge in [-0.05, 0) is 44.2 Å². The Hall–Kier alpha value is -2.05. The summed E-state index contributed by atoms with van der Waals surface area (Å²) in [5.74, 6) is 1.49. The highest BCUT2D eigenvalue weighted by Crippen LogP contribution is 2.23. The largest absolute Gasteiger partial charge is 0.354 e. The first-order valence-electron chi connectivity index (χ1n) is 9.36. The first kappa shape index (κ1) is 19.7. The van der Waals surface area contributed by atoms with Crippen LogP contribution in [0.2, 0.25) is 0 Å². The molecule has 1 aliphatic heterocycles. The van der Waals surface area contributed by atoms with Gasteiger partial charge < -0.3 is 15.1 Å². The van der Waals surface area contributed by atoms with Crippen LogP contribution in [0.1, 0.15) is 16.7 Å². The van der Waals surface area contributed by atoms with Crippen molar-refractivity contribution in [2.24, 2.45) is 0 Å². The molecule has 0 saturated carbocycles. The summed E-state index contributed by atoms with van der Waals surface area (Å²) in [6, 6.07) is 10.4. The van der Waals surface area contributed by atoms with Crippen molar-refractivity contribution in [3.05, 3.63) is 53.2 Å². The third-order valence-corrected chi connectivity index (χ3v) is 5.99. The number of thioether (sulfide) groups is 1. The minimum Gasteiger partial charge on any atom is -0.354 e. The smallest absolute Gasteiger partial charge is 0.230 e. The highest BCUT2D eigenvalue weighted by molar-refractivity contribution is 8.00. The summed E-state index contributed by atoms with van der Waals surface area (Å²) in [6.07, 6.45) is 1.87. The molecule has 0 spiro atoms. The van der Waals surface area contributed by atoms with Crippen LogP contribution < -0.4 is 10.2 Å². The number of carbonyl (C=O) groups excluding carboxylic acids is 1. The van der Waals surface area contributed by atoms with Gasteiger partial charge in [-0.15, -0.1) is 11.8 Å². The second kappa shape index (κ2) is 9.24. The standard InChI is InChI=1S/C21H28N4OS/c1-16-4-5-17(2)19(12-16)27-15-21(26)23-14-18-6-7-20(22-13-18)25-10-8-24(3)9-11-25/h4-7,12-13H,8-11,14-15H2,1-3H3,(H,23,26). The summed E-state index contributed by atoms with van der Waals surface area (Å²) >= 11 is 1.59. The van der Waals surface area contributed by atoms with E-state index in [0.29, 0.717) is 12.3 Å². The molecule has 144 valence electrons. The first-order chi connectivity index (χ1) is 13.0. The summed E-state index contributed by atoms with van der Waals surface area (Å²) in [5, 5.41) is 2.99. The Morgan fingerprint density at radius 2 is 1.93 bits per heavy atom. The Kier molecular flexibility index (Phi) is 6.74. The van der Waals surface area contributed by atoms with E-state index >= 15 is 0 Å². The molecule has 1 N–H and O–H groups in total. The maximum absolute atomic E-state index is 12.2. The minimum atomic E-state index is 0.0454. The average Bonchev–Trinajstić information content (AvgIpc) is 2.68. The lowest BCUT2D eigenvalue weighted by atomic mass is 10.2. The zero-order valence-electron chi connectivity index (χ0n) is 16.4. The summed E-state index contributed by atoms with van der Waals surface area (Å²) in [7, 11) is 2.15. The third kappa shape index (κ3) is 5.71. The van der Waals surface area contributed by atoms with Crippen LogP contribution in [-0.2, 0) is 11.3 Å². The van der Waals surface area contributed by atoms with Gasteiger partial charge in [0.1, 0.15) is 5.82 Å². The highest BCUT2D eigenvalue weighted by atomic mass is 32.2. The monoisotopic (exact) mass is 384 g/mol. The first-order valence-corrected chi connectivity index (χ1v) is 10.3. The molecule has 0 aliphatic carbocycles. The number of carbonyl (C=O) groups is 1. The number of rotatable bonds is 6. The highest BCUT2D eigenvalue weighted by Gasteiger charge is 2.15. The van der Waals surface area contributed by atoms with E-state index in [-0.39, 0.29) is 5.91 Å². The van der Waals surface area contributed by atoms with Gasteiger partial charge in [0.05, 0.1) is 5.75 Å². The van der Waals surface area contributed by atoms with Gasteiger partial charge in [0, 0.05) is 43.8 Å². The summed E-state index contributed by atoms with van der Waals surface area (Å²) in [5.41, 5.74) is 3.45. The molecule has 1 saturated heterocycles. The number of nitrogens with one attached hydrogen (secondary N) is 1. The lowest BCUT2D eigenvalue weighted by Crippen LogP contribution is -2.44. The lowest BCUT2D eigenvalue weighted by molar-refractivity contribution is -0.118. The Labute approximate surface area is 166 Å². The molecular weight excluding hydrogens is 356 g/mol. The van der Waals surface area contributed by atoms with E-state index in [1.807, 2.05) is 6.20 Å². The van der Waals surface area contributed by atoms with Crippen LogP contribution in [0.5, 0.6) is 0 Å². The number of benzene rings is 1. The summed E-state index contributed by atoms with van der Waals surface area (Å²) < 4.78 is 0. The molecule has 1 amide bonds. The number of piperazine rings is 1. The Bertz CT molecular complexity index is 770. The molecule has 27 heavy (non-hydrogen) atoms. The van der Waals surface area contributed by atoms with E-state index in [0.717, 1.165) is 37.6 Å². The lowest BCUT2D eigenvalue weighted by Gasteiger charge is -2.33. The summed E-state index contributed by atoms with van der Waals surface area (Å²) in [6.45, 7) is 8.82. The van der Waals surface area contributed by atoms with Crippen LogP contribution in [0, 0.1) is 13.8 Å². The molecule has 1 aromatic carbocycles. The van der Waals surface area contributed by atoms with Crippen LogP contribution in [0.25, 0.3) is 0 Å². The molecule has 3 rings (SSSR count). The van der Waals surface area contributed by atoms with Gasteiger partial charge in [0.15, 0.2) is 0 Å². The van der Waals surface area contributed by atoms with E-state index in [4.69, 9.17) is 0 Å². The van der Waals surface area contributed by atoms with E-state index in [2.05, 4.69) is 71.3 Å². The predicted octanol–water partition coefficient (Wildman–Crippen LogP) is 2.86. The van der Waals surface area contributed by atoms with Gasteiger partial charge in [0.25, 0.3) is 0 Å². The molecule has 0 radical (unpaired) electrons. The van der Waals surface area contributed by atoms with E-state index in [9.17, 15) is 4.79 Å². The number of pyridine rings is 1. The number of anilines is 1. The number of aromatic nitrogens is 1. The number of hydrogen-bond donors (Lipinski definition) is 1. The zero-order chi connectivity index (χ0) is 19.2. The van der Waals surface area contributed by atoms with Crippen molar-refractivity contribution < 1.29 is 4.79 Å². The molecule has 2 aromatic rings. The van der Waals surface area contributed by atoms with Gasteiger partial charge in [-0.2, -0.15) is 0 Å². The number of hydrogen-bond acceptors (Lipinski definition) is 5. The molecule has 1 aliphatic rings. The third-order valence-electron chi connectivity index (χ3n) is 4.83. The average molecular weight is 385 g/mol. The van der Waals surface area contributed by atoms with Crippen molar-refractivity contribution in [2.45, 2.75) is 25.3 Å². The van der Waals surface area contributed by atoms with E-state index in [1.54, 1.807) is 11.8 Å². The fourth-order valence-corrected chi connectivity index (χ4v) is 3.96. The van der Waals surface area contributed by atoms with Crippen LogP contribution >= 0.6 is 11.8 Å².